The Morgan fingerprint density at radius 2 is 1.80 bits per heavy atom. The average Bonchev–Trinajstić information content (AvgIpc) is 2.91. The van der Waals surface area contributed by atoms with Crippen molar-refractivity contribution in [1.29, 1.82) is 0 Å². The molecule has 1 aromatic heterocycles. The predicted octanol–water partition coefficient (Wildman–Crippen LogP) is 5.07. The van der Waals surface area contributed by atoms with Gasteiger partial charge < -0.3 is 0 Å². The molecule has 0 saturated heterocycles. The van der Waals surface area contributed by atoms with Gasteiger partial charge in [-0.05, 0) is 38.3 Å². The van der Waals surface area contributed by atoms with Crippen LogP contribution in [0.4, 0.5) is 0 Å². The first-order valence-corrected chi connectivity index (χ1v) is 7.63. The van der Waals surface area contributed by atoms with E-state index in [-0.39, 0.29) is 0 Å². The van der Waals surface area contributed by atoms with Crippen molar-refractivity contribution >= 4 is 11.6 Å². The summed E-state index contributed by atoms with van der Waals surface area (Å²) in [5.41, 5.74) is 4.64. The van der Waals surface area contributed by atoms with Crippen LogP contribution in [0.2, 0.25) is 5.15 Å². The van der Waals surface area contributed by atoms with Gasteiger partial charge in [0.05, 0.1) is 0 Å². The van der Waals surface area contributed by atoms with E-state index in [1.807, 2.05) is 6.07 Å². The van der Waals surface area contributed by atoms with Crippen LogP contribution >= 0.6 is 11.6 Å². The van der Waals surface area contributed by atoms with Crippen LogP contribution in [0.3, 0.4) is 0 Å². The van der Waals surface area contributed by atoms with E-state index in [1.165, 1.54) is 36.8 Å². The zero-order valence-corrected chi connectivity index (χ0v) is 12.7. The van der Waals surface area contributed by atoms with E-state index in [0.29, 0.717) is 11.1 Å². The minimum atomic E-state index is 0.553. The van der Waals surface area contributed by atoms with Gasteiger partial charge in [0.15, 0.2) is 5.82 Å². The van der Waals surface area contributed by atoms with Crippen molar-refractivity contribution in [3.63, 3.8) is 0 Å². The second-order valence-electron chi connectivity index (χ2n) is 5.74. The summed E-state index contributed by atoms with van der Waals surface area (Å²) in [6.45, 7) is 4.20. The number of aromatic nitrogens is 2. The minimum absolute atomic E-state index is 0.553. The Bertz CT molecular complexity index is 631. The largest absolute Gasteiger partial charge is 0.233 e. The second-order valence-corrected chi connectivity index (χ2v) is 6.13. The number of nitrogens with zero attached hydrogens (tertiary/aromatic N) is 2. The van der Waals surface area contributed by atoms with E-state index in [4.69, 9.17) is 16.6 Å². The Labute approximate surface area is 125 Å². The summed E-state index contributed by atoms with van der Waals surface area (Å²) in [6, 6.07) is 8.29. The molecule has 2 nitrogen and oxygen atoms in total. The monoisotopic (exact) mass is 286 g/mol. The van der Waals surface area contributed by atoms with Gasteiger partial charge in [0.25, 0.3) is 0 Å². The summed E-state index contributed by atoms with van der Waals surface area (Å²) in [6.07, 6.45) is 5.04. The number of aryl methyl sites for hydroxylation is 2. The van der Waals surface area contributed by atoms with Crippen molar-refractivity contribution in [2.24, 2.45) is 0 Å². The molecule has 3 heteroatoms. The van der Waals surface area contributed by atoms with Crippen molar-refractivity contribution in [2.45, 2.75) is 45.4 Å². The molecule has 0 unspecified atom stereocenters. The van der Waals surface area contributed by atoms with Gasteiger partial charge in [-0.2, -0.15) is 0 Å². The van der Waals surface area contributed by atoms with Gasteiger partial charge in [0, 0.05) is 17.2 Å². The minimum Gasteiger partial charge on any atom is -0.233 e. The zero-order valence-electron chi connectivity index (χ0n) is 12.0. The van der Waals surface area contributed by atoms with Gasteiger partial charge >= 0.3 is 0 Å². The average molecular weight is 287 g/mol. The van der Waals surface area contributed by atoms with E-state index < -0.39 is 0 Å². The summed E-state index contributed by atoms with van der Waals surface area (Å²) < 4.78 is 0. The highest BCUT2D eigenvalue weighted by Crippen LogP contribution is 2.34. The molecule has 20 heavy (non-hydrogen) atoms. The lowest BCUT2D eigenvalue weighted by atomic mass is 10.0. The number of halogens is 1. The molecule has 0 radical (unpaired) electrons. The highest BCUT2D eigenvalue weighted by Gasteiger charge is 2.20. The van der Waals surface area contributed by atoms with Crippen LogP contribution in [-0.2, 0) is 0 Å². The second kappa shape index (κ2) is 5.53. The summed E-state index contributed by atoms with van der Waals surface area (Å²) in [5.74, 6) is 1.32. The fourth-order valence-corrected chi connectivity index (χ4v) is 3.24. The molecule has 1 fully saturated rings. The summed E-state index contributed by atoms with van der Waals surface area (Å²) >= 11 is 6.21. The topological polar surface area (TPSA) is 25.8 Å². The third-order valence-corrected chi connectivity index (χ3v) is 4.30. The molecule has 0 bridgehead atoms. The maximum Gasteiger partial charge on any atom is 0.161 e. The van der Waals surface area contributed by atoms with Gasteiger partial charge in [0.2, 0.25) is 0 Å². The number of benzene rings is 1. The van der Waals surface area contributed by atoms with Crippen molar-refractivity contribution in [3.05, 3.63) is 46.2 Å². The van der Waals surface area contributed by atoms with Gasteiger partial charge in [-0.25, -0.2) is 9.97 Å². The van der Waals surface area contributed by atoms with Gasteiger partial charge in [-0.3, -0.25) is 0 Å². The van der Waals surface area contributed by atoms with E-state index in [1.54, 1.807) is 0 Å². The Morgan fingerprint density at radius 1 is 1.05 bits per heavy atom. The molecule has 0 atom stereocenters. The number of hydrogen-bond acceptors (Lipinski definition) is 2. The highest BCUT2D eigenvalue weighted by atomic mass is 35.5. The maximum absolute atomic E-state index is 6.21. The molecule has 0 spiro atoms. The van der Waals surface area contributed by atoms with Crippen LogP contribution in [0.15, 0.2) is 24.3 Å². The Morgan fingerprint density at radius 3 is 2.50 bits per heavy atom. The first-order chi connectivity index (χ1) is 9.63. The lowest BCUT2D eigenvalue weighted by Crippen LogP contribution is -2.01. The fraction of sp³-hybridized carbons (Fsp3) is 0.412. The van der Waals surface area contributed by atoms with Crippen molar-refractivity contribution < 1.29 is 0 Å². The van der Waals surface area contributed by atoms with Crippen molar-refractivity contribution in [2.75, 3.05) is 0 Å². The lowest BCUT2D eigenvalue weighted by molar-refractivity contribution is 0.695. The van der Waals surface area contributed by atoms with Crippen LogP contribution in [-0.4, -0.2) is 9.97 Å². The smallest absolute Gasteiger partial charge is 0.161 e. The van der Waals surface area contributed by atoms with Crippen LogP contribution in [0.25, 0.3) is 11.4 Å². The maximum atomic E-state index is 6.21. The molecule has 1 aliphatic rings. The van der Waals surface area contributed by atoms with Crippen LogP contribution in [0.5, 0.6) is 0 Å². The van der Waals surface area contributed by atoms with Crippen molar-refractivity contribution in [3.8, 4) is 11.4 Å². The highest BCUT2D eigenvalue weighted by molar-refractivity contribution is 6.29. The van der Waals surface area contributed by atoms with E-state index >= 15 is 0 Å². The van der Waals surface area contributed by atoms with Crippen LogP contribution in [0, 0.1) is 13.8 Å². The van der Waals surface area contributed by atoms with Gasteiger partial charge in [-0.15, -0.1) is 0 Å². The third-order valence-electron chi connectivity index (χ3n) is 4.11. The standard InChI is InChI=1S/C17H19ClN2/c1-11-7-8-14(12(2)9-11)17-19-15(10-16(18)20-17)13-5-3-4-6-13/h7-10,13H,3-6H2,1-2H3. The zero-order chi connectivity index (χ0) is 14.1. The molecule has 1 aromatic carbocycles. The molecular formula is C17H19ClN2. The fourth-order valence-electron chi connectivity index (χ4n) is 3.05. The van der Waals surface area contributed by atoms with Gasteiger partial charge in [0.1, 0.15) is 5.15 Å². The molecule has 1 saturated carbocycles. The molecule has 104 valence electrons. The molecule has 0 aliphatic heterocycles. The molecule has 0 N–H and O–H groups in total. The Balaban J connectivity index is 2.04. The van der Waals surface area contributed by atoms with Gasteiger partial charge in [-0.1, -0.05) is 48.2 Å². The van der Waals surface area contributed by atoms with E-state index in [0.717, 1.165) is 17.1 Å². The SMILES string of the molecule is Cc1ccc(-c2nc(Cl)cc(C3CCCC3)n2)c(C)c1. The van der Waals surface area contributed by atoms with Crippen molar-refractivity contribution in [1.82, 2.24) is 9.97 Å². The third kappa shape index (κ3) is 2.71. The quantitative estimate of drug-likeness (QED) is 0.720. The number of rotatable bonds is 2. The van der Waals surface area contributed by atoms with E-state index in [9.17, 15) is 0 Å². The molecule has 3 rings (SSSR count). The lowest BCUT2D eigenvalue weighted by Gasteiger charge is -2.12. The summed E-state index contributed by atoms with van der Waals surface area (Å²) in [7, 11) is 0. The number of hydrogen-bond donors (Lipinski definition) is 0. The molecule has 1 aliphatic carbocycles. The van der Waals surface area contributed by atoms with Crippen LogP contribution in [0.1, 0.15) is 48.4 Å². The summed E-state index contributed by atoms with van der Waals surface area (Å²) in [4.78, 5) is 9.20. The summed E-state index contributed by atoms with van der Waals surface area (Å²) in [5, 5.41) is 0.553. The molecule has 2 aromatic rings. The first-order valence-electron chi connectivity index (χ1n) is 7.25. The molecule has 0 amide bonds. The Kier molecular flexibility index (Phi) is 3.75. The normalized spacial score (nSPS) is 15.8. The Hall–Kier alpha value is -1.41. The predicted molar refractivity (Wildman–Crippen MR) is 83.2 cm³/mol. The molecule has 1 heterocycles. The van der Waals surface area contributed by atoms with E-state index in [2.05, 4.69) is 37.0 Å². The van der Waals surface area contributed by atoms with Crippen LogP contribution < -0.4 is 0 Å². The molecular weight excluding hydrogens is 268 g/mol. The first kappa shape index (κ1) is 13.6.